The summed E-state index contributed by atoms with van der Waals surface area (Å²) in [5.41, 5.74) is 1.89. The summed E-state index contributed by atoms with van der Waals surface area (Å²) in [6.07, 6.45) is 1.55. The van der Waals surface area contributed by atoms with Crippen LogP contribution in [0.4, 0.5) is 5.69 Å². The maximum Gasteiger partial charge on any atom is 0.337 e. The highest BCUT2D eigenvalue weighted by Gasteiger charge is 2.10. The number of aromatic carboxylic acids is 1. The molecule has 1 aromatic carbocycles. The molecule has 0 bridgehead atoms. The van der Waals surface area contributed by atoms with Gasteiger partial charge in [-0.15, -0.1) is 0 Å². The number of unbranched alkanes of at least 4 members (excludes halogenated alkanes) is 1. The third-order valence-corrected chi connectivity index (χ3v) is 2.39. The number of hydrogen-bond acceptors (Lipinski definition) is 3. The fraction of sp³-hybridized carbons (Fsp3) is 0.417. The summed E-state index contributed by atoms with van der Waals surface area (Å²) in [4.78, 5) is 11.0. The minimum absolute atomic E-state index is 0.168. The molecular formula is C12H17NO3. The average Bonchev–Trinajstić information content (AvgIpc) is 2.25. The van der Waals surface area contributed by atoms with Gasteiger partial charge in [-0.05, 0) is 31.4 Å². The van der Waals surface area contributed by atoms with E-state index < -0.39 is 5.97 Å². The number of benzene rings is 1. The van der Waals surface area contributed by atoms with Gasteiger partial charge in [0.2, 0.25) is 0 Å². The van der Waals surface area contributed by atoms with E-state index in [1.807, 2.05) is 13.0 Å². The first kappa shape index (κ1) is 12.5. The SMILES string of the molecule is Cc1cccc(C(=O)O)c1NCCCCO. The van der Waals surface area contributed by atoms with E-state index in [2.05, 4.69) is 5.32 Å². The number of anilines is 1. The number of carboxylic acid groups (broad SMARTS) is 1. The van der Waals surface area contributed by atoms with Gasteiger partial charge in [0.25, 0.3) is 0 Å². The van der Waals surface area contributed by atoms with Crippen molar-refractivity contribution in [3.8, 4) is 0 Å². The van der Waals surface area contributed by atoms with Crippen molar-refractivity contribution >= 4 is 11.7 Å². The monoisotopic (exact) mass is 223 g/mol. The Kier molecular flexibility index (Phi) is 4.79. The Morgan fingerprint density at radius 2 is 2.12 bits per heavy atom. The largest absolute Gasteiger partial charge is 0.478 e. The molecule has 0 aromatic heterocycles. The van der Waals surface area contributed by atoms with Crippen molar-refractivity contribution in [3.63, 3.8) is 0 Å². The van der Waals surface area contributed by atoms with E-state index in [1.54, 1.807) is 12.1 Å². The number of carboxylic acids is 1. The highest BCUT2D eigenvalue weighted by molar-refractivity contribution is 5.95. The number of para-hydroxylation sites is 1. The highest BCUT2D eigenvalue weighted by atomic mass is 16.4. The van der Waals surface area contributed by atoms with Crippen molar-refractivity contribution in [2.24, 2.45) is 0 Å². The van der Waals surface area contributed by atoms with Gasteiger partial charge in [-0.2, -0.15) is 0 Å². The van der Waals surface area contributed by atoms with Crippen LogP contribution in [0, 0.1) is 6.92 Å². The maximum absolute atomic E-state index is 11.0. The lowest BCUT2D eigenvalue weighted by Gasteiger charge is -2.12. The molecule has 0 aliphatic heterocycles. The number of hydrogen-bond donors (Lipinski definition) is 3. The predicted octanol–water partition coefficient (Wildman–Crippen LogP) is 1.88. The second-order valence-corrected chi connectivity index (χ2v) is 3.66. The minimum atomic E-state index is -0.923. The minimum Gasteiger partial charge on any atom is -0.478 e. The molecule has 16 heavy (non-hydrogen) atoms. The van der Waals surface area contributed by atoms with Crippen LogP contribution in [0.2, 0.25) is 0 Å². The molecule has 0 saturated heterocycles. The third-order valence-electron chi connectivity index (χ3n) is 2.39. The molecule has 1 aromatic rings. The van der Waals surface area contributed by atoms with Gasteiger partial charge in [0.05, 0.1) is 11.3 Å². The van der Waals surface area contributed by atoms with Gasteiger partial charge >= 0.3 is 5.97 Å². The van der Waals surface area contributed by atoms with Gasteiger partial charge in [-0.1, -0.05) is 12.1 Å². The van der Waals surface area contributed by atoms with Crippen molar-refractivity contribution in [1.82, 2.24) is 0 Å². The number of nitrogens with one attached hydrogen (secondary N) is 1. The molecule has 1 rings (SSSR count). The zero-order valence-electron chi connectivity index (χ0n) is 9.36. The van der Waals surface area contributed by atoms with Crippen LogP contribution in [0.1, 0.15) is 28.8 Å². The van der Waals surface area contributed by atoms with Crippen LogP contribution in [-0.2, 0) is 0 Å². The van der Waals surface area contributed by atoms with Gasteiger partial charge in [-0.3, -0.25) is 0 Å². The molecule has 0 saturated carbocycles. The second-order valence-electron chi connectivity index (χ2n) is 3.66. The molecule has 0 amide bonds. The summed E-state index contributed by atoms with van der Waals surface area (Å²) in [7, 11) is 0. The molecule has 0 unspecified atom stereocenters. The molecule has 0 aliphatic rings. The molecule has 0 atom stereocenters. The summed E-state index contributed by atoms with van der Waals surface area (Å²) < 4.78 is 0. The van der Waals surface area contributed by atoms with Crippen LogP contribution in [0.5, 0.6) is 0 Å². The topological polar surface area (TPSA) is 69.6 Å². The molecule has 0 aliphatic carbocycles. The van der Waals surface area contributed by atoms with Gasteiger partial charge in [0.1, 0.15) is 0 Å². The Balaban J connectivity index is 2.73. The summed E-state index contributed by atoms with van der Waals surface area (Å²) >= 11 is 0. The van der Waals surface area contributed by atoms with Crippen molar-refractivity contribution < 1.29 is 15.0 Å². The zero-order chi connectivity index (χ0) is 12.0. The molecule has 0 spiro atoms. The number of carbonyl (C=O) groups is 1. The zero-order valence-corrected chi connectivity index (χ0v) is 9.36. The Morgan fingerprint density at radius 3 is 2.75 bits per heavy atom. The number of aliphatic hydroxyl groups is 1. The van der Waals surface area contributed by atoms with Gasteiger partial charge < -0.3 is 15.5 Å². The fourth-order valence-electron chi connectivity index (χ4n) is 1.53. The Morgan fingerprint density at radius 1 is 1.38 bits per heavy atom. The van der Waals surface area contributed by atoms with Crippen LogP contribution in [-0.4, -0.2) is 29.3 Å². The molecular weight excluding hydrogens is 206 g/mol. The quantitative estimate of drug-likeness (QED) is 0.644. The first-order valence-electron chi connectivity index (χ1n) is 5.34. The third kappa shape index (κ3) is 3.24. The van der Waals surface area contributed by atoms with E-state index in [0.717, 1.165) is 18.4 Å². The van der Waals surface area contributed by atoms with Crippen LogP contribution < -0.4 is 5.32 Å². The Hall–Kier alpha value is -1.55. The van der Waals surface area contributed by atoms with Crippen LogP contribution >= 0.6 is 0 Å². The summed E-state index contributed by atoms with van der Waals surface area (Å²) in [6, 6.07) is 5.20. The average molecular weight is 223 g/mol. The smallest absolute Gasteiger partial charge is 0.337 e. The summed E-state index contributed by atoms with van der Waals surface area (Å²) in [6.45, 7) is 2.72. The maximum atomic E-state index is 11.0. The predicted molar refractivity (Wildman–Crippen MR) is 62.9 cm³/mol. The van der Waals surface area contributed by atoms with Crippen LogP contribution in [0.3, 0.4) is 0 Å². The lowest BCUT2D eigenvalue weighted by Crippen LogP contribution is -2.09. The van der Waals surface area contributed by atoms with Gasteiger partial charge in [-0.25, -0.2) is 4.79 Å². The first-order valence-corrected chi connectivity index (χ1v) is 5.34. The molecule has 0 radical (unpaired) electrons. The fourth-order valence-corrected chi connectivity index (χ4v) is 1.53. The number of aliphatic hydroxyl groups excluding tert-OH is 1. The van der Waals surface area contributed by atoms with Crippen molar-refractivity contribution in [1.29, 1.82) is 0 Å². The molecule has 3 N–H and O–H groups in total. The molecule has 0 heterocycles. The standard InChI is InChI=1S/C12H17NO3/c1-9-5-4-6-10(12(15)16)11(9)13-7-2-3-8-14/h4-6,13-14H,2-3,7-8H2,1H3,(H,15,16). The van der Waals surface area contributed by atoms with Crippen molar-refractivity contribution in [2.75, 3.05) is 18.5 Å². The van der Waals surface area contributed by atoms with E-state index in [9.17, 15) is 4.79 Å². The number of rotatable bonds is 6. The molecule has 88 valence electrons. The van der Waals surface area contributed by atoms with E-state index in [-0.39, 0.29) is 6.61 Å². The van der Waals surface area contributed by atoms with E-state index in [4.69, 9.17) is 10.2 Å². The molecule has 4 heteroatoms. The van der Waals surface area contributed by atoms with Crippen molar-refractivity contribution in [3.05, 3.63) is 29.3 Å². The highest BCUT2D eigenvalue weighted by Crippen LogP contribution is 2.20. The summed E-state index contributed by atoms with van der Waals surface area (Å²) in [5.74, 6) is -0.923. The normalized spacial score (nSPS) is 10.1. The van der Waals surface area contributed by atoms with Crippen LogP contribution in [0.15, 0.2) is 18.2 Å². The molecule has 0 fully saturated rings. The lowest BCUT2D eigenvalue weighted by atomic mass is 10.1. The van der Waals surface area contributed by atoms with Crippen molar-refractivity contribution in [2.45, 2.75) is 19.8 Å². The van der Waals surface area contributed by atoms with Gasteiger partial charge in [0.15, 0.2) is 0 Å². The van der Waals surface area contributed by atoms with E-state index in [0.29, 0.717) is 17.8 Å². The van der Waals surface area contributed by atoms with E-state index in [1.165, 1.54) is 0 Å². The Labute approximate surface area is 94.9 Å². The number of aryl methyl sites for hydroxylation is 1. The summed E-state index contributed by atoms with van der Waals surface area (Å²) in [5, 5.41) is 20.8. The Bertz CT molecular complexity index is 363. The first-order chi connectivity index (χ1) is 7.66. The van der Waals surface area contributed by atoms with Crippen LogP contribution in [0.25, 0.3) is 0 Å². The second kappa shape index (κ2) is 6.12. The lowest BCUT2D eigenvalue weighted by molar-refractivity contribution is 0.0698. The molecule has 4 nitrogen and oxygen atoms in total. The van der Waals surface area contributed by atoms with Gasteiger partial charge in [0, 0.05) is 13.2 Å². The van der Waals surface area contributed by atoms with E-state index >= 15 is 0 Å².